The quantitative estimate of drug-likeness (QED) is 0.284. The lowest BCUT2D eigenvalue weighted by Crippen LogP contribution is -2.36. The van der Waals surface area contributed by atoms with Crippen molar-refractivity contribution in [1.82, 2.24) is 15.6 Å². The Hall–Kier alpha value is -3.08. The van der Waals surface area contributed by atoms with Gasteiger partial charge < -0.3 is 20.7 Å². The van der Waals surface area contributed by atoms with Crippen molar-refractivity contribution >= 4 is 23.6 Å². The van der Waals surface area contributed by atoms with Gasteiger partial charge in [0.15, 0.2) is 0 Å². The van der Waals surface area contributed by atoms with E-state index in [1.807, 2.05) is 18.2 Å². The van der Waals surface area contributed by atoms with Crippen LogP contribution in [0.25, 0.3) is 0 Å². The van der Waals surface area contributed by atoms with Crippen molar-refractivity contribution in [3.63, 3.8) is 0 Å². The fraction of sp³-hybridized carbons (Fsp3) is 0.474. The molecule has 27 heavy (non-hydrogen) atoms. The van der Waals surface area contributed by atoms with Crippen molar-refractivity contribution in [2.45, 2.75) is 38.6 Å². The second kappa shape index (κ2) is 13.2. The summed E-state index contributed by atoms with van der Waals surface area (Å²) in [6.07, 6.45) is 7.69. The van der Waals surface area contributed by atoms with E-state index in [1.54, 1.807) is 13.1 Å². The molecule has 1 rings (SSSR count). The summed E-state index contributed by atoms with van der Waals surface area (Å²) in [4.78, 5) is 39.1. The highest BCUT2D eigenvalue weighted by Gasteiger charge is 2.15. The molecule has 1 unspecified atom stereocenters. The van der Waals surface area contributed by atoms with Crippen LogP contribution < -0.4 is 16.0 Å². The summed E-state index contributed by atoms with van der Waals surface area (Å²) in [6, 6.07) is 4.85. The highest BCUT2D eigenvalue weighted by molar-refractivity contribution is 5.84. The maximum absolute atomic E-state index is 11.8. The first-order chi connectivity index (χ1) is 13.0. The zero-order valence-electron chi connectivity index (χ0n) is 15.5. The summed E-state index contributed by atoms with van der Waals surface area (Å²) in [5.41, 5.74) is 0. The Kier molecular flexibility index (Phi) is 10.7. The smallest absolute Gasteiger partial charge is 0.308 e. The molecule has 3 N–H and O–H groups in total. The number of hydrogen-bond donors (Lipinski definition) is 3. The number of pyridine rings is 1. The summed E-state index contributed by atoms with van der Waals surface area (Å²) in [7, 11) is 0. The molecule has 1 aromatic heterocycles. The van der Waals surface area contributed by atoms with Crippen LogP contribution in [0.3, 0.4) is 0 Å². The molecule has 1 aromatic rings. The van der Waals surface area contributed by atoms with Gasteiger partial charge in [-0.25, -0.2) is 4.98 Å². The van der Waals surface area contributed by atoms with Crippen molar-refractivity contribution in [3.05, 3.63) is 24.4 Å². The molecule has 0 bridgehead atoms. The van der Waals surface area contributed by atoms with Gasteiger partial charge in [-0.05, 0) is 25.5 Å². The maximum Gasteiger partial charge on any atom is 0.308 e. The van der Waals surface area contributed by atoms with E-state index in [0.717, 1.165) is 12.2 Å². The van der Waals surface area contributed by atoms with Gasteiger partial charge in [-0.15, -0.1) is 6.42 Å². The van der Waals surface area contributed by atoms with Crippen LogP contribution in [0.4, 0.5) is 5.82 Å². The molecular weight excluding hydrogens is 348 g/mol. The molecule has 0 aliphatic heterocycles. The summed E-state index contributed by atoms with van der Waals surface area (Å²) in [5, 5.41) is 8.42. The normalized spacial score (nSPS) is 11.0. The van der Waals surface area contributed by atoms with Gasteiger partial charge in [-0.2, -0.15) is 0 Å². The van der Waals surface area contributed by atoms with Crippen LogP contribution in [0.15, 0.2) is 24.4 Å². The summed E-state index contributed by atoms with van der Waals surface area (Å²) >= 11 is 0. The molecule has 8 nitrogen and oxygen atoms in total. The van der Waals surface area contributed by atoms with Gasteiger partial charge >= 0.3 is 5.97 Å². The topological polar surface area (TPSA) is 109 Å². The number of hydrogen-bond acceptors (Lipinski definition) is 6. The van der Waals surface area contributed by atoms with Crippen molar-refractivity contribution in [3.8, 4) is 12.3 Å². The molecule has 0 spiro atoms. The molecule has 2 amide bonds. The minimum atomic E-state index is -0.739. The molecule has 0 aromatic carbocycles. The third-order valence-corrected chi connectivity index (χ3v) is 3.44. The second-order valence-corrected chi connectivity index (χ2v) is 5.64. The highest BCUT2D eigenvalue weighted by atomic mass is 16.5. The number of rotatable bonds is 12. The van der Waals surface area contributed by atoms with E-state index in [1.165, 1.54) is 0 Å². The Balaban J connectivity index is 2.13. The average Bonchev–Trinajstić information content (AvgIpc) is 2.66. The average molecular weight is 374 g/mol. The van der Waals surface area contributed by atoms with Crippen LogP contribution in [0, 0.1) is 12.3 Å². The van der Waals surface area contributed by atoms with Crippen LogP contribution in [-0.2, 0) is 19.1 Å². The molecule has 0 aliphatic carbocycles. The van der Waals surface area contributed by atoms with Crippen molar-refractivity contribution in [2.75, 3.05) is 25.0 Å². The Morgan fingerprint density at radius 2 is 2.00 bits per heavy atom. The molecule has 1 heterocycles. The lowest BCUT2D eigenvalue weighted by molar-refractivity contribution is -0.143. The van der Waals surface area contributed by atoms with E-state index in [-0.39, 0.29) is 37.7 Å². The zero-order valence-corrected chi connectivity index (χ0v) is 15.5. The predicted molar refractivity (Wildman–Crippen MR) is 102 cm³/mol. The Labute approximate surface area is 159 Å². The predicted octanol–water partition coefficient (Wildman–Crippen LogP) is 0.851. The van der Waals surface area contributed by atoms with Gasteiger partial charge in [0.1, 0.15) is 11.9 Å². The van der Waals surface area contributed by atoms with Gasteiger partial charge in [0.25, 0.3) is 0 Å². The number of nitrogens with one attached hydrogen (secondary N) is 3. The highest BCUT2D eigenvalue weighted by Crippen LogP contribution is 1.99. The van der Waals surface area contributed by atoms with E-state index in [2.05, 4.69) is 26.9 Å². The van der Waals surface area contributed by atoms with Crippen LogP contribution in [-0.4, -0.2) is 48.5 Å². The number of aromatic nitrogens is 1. The lowest BCUT2D eigenvalue weighted by Gasteiger charge is -2.12. The van der Waals surface area contributed by atoms with Crippen molar-refractivity contribution in [2.24, 2.45) is 0 Å². The van der Waals surface area contributed by atoms with E-state index < -0.39 is 12.0 Å². The van der Waals surface area contributed by atoms with Crippen LogP contribution >= 0.6 is 0 Å². The third-order valence-electron chi connectivity index (χ3n) is 3.44. The molecule has 8 heteroatoms. The molecule has 0 aliphatic rings. The fourth-order valence-electron chi connectivity index (χ4n) is 2.12. The monoisotopic (exact) mass is 374 g/mol. The van der Waals surface area contributed by atoms with Gasteiger partial charge in [-0.1, -0.05) is 12.0 Å². The molecule has 0 fully saturated rings. The number of esters is 1. The first-order valence-corrected chi connectivity index (χ1v) is 8.87. The maximum atomic E-state index is 11.8. The molecule has 0 radical (unpaired) electrons. The van der Waals surface area contributed by atoms with Gasteiger partial charge in [-0.3, -0.25) is 14.4 Å². The van der Waals surface area contributed by atoms with E-state index in [4.69, 9.17) is 11.2 Å². The Bertz CT molecular complexity index is 643. The molecule has 1 atom stereocenters. The number of anilines is 1. The van der Waals surface area contributed by atoms with E-state index in [9.17, 15) is 14.4 Å². The van der Waals surface area contributed by atoms with Crippen LogP contribution in [0.1, 0.15) is 32.6 Å². The fourth-order valence-corrected chi connectivity index (χ4v) is 2.12. The standard InChI is InChI=1S/C19H26N4O4/c1-3-15(14-19(26)27-4-2)23-18(25)10-9-17(24)22-13-7-12-21-16-8-5-6-11-20-16/h1,5-6,8,11,15H,4,7,9-10,12-14H2,2H3,(H,20,21)(H,22,24)(H,23,25). The number of carbonyl (C=O) groups excluding carboxylic acids is 3. The van der Waals surface area contributed by atoms with Gasteiger partial charge in [0.05, 0.1) is 13.0 Å². The minimum Gasteiger partial charge on any atom is -0.466 e. The van der Waals surface area contributed by atoms with Crippen molar-refractivity contribution in [1.29, 1.82) is 0 Å². The number of nitrogens with zero attached hydrogens (tertiary/aromatic N) is 1. The van der Waals surface area contributed by atoms with Crippen LogP contribution in [0.5, 0.6) is 0 Å². The Morgan fingerprint density at radius 1 is 1.22 bits per heavy atom. The van der Waals surface area contributed by atoms with Crippen molar-refractivity contribution < 1.29 is 19.1 Å². The SMILES string of the molecule is C#CC(CC(=O)OCC)NC(=O)CCC(=O)NCCCNc1ccccn1. The van der Waals surface area contributed by atoms with Gasteiger partial charge in [0, 0.05) is 32.1 Å². The molecule has 146 valence electrons. The first-order valence-electron chi connectivity index (χ1n) is 8.87. The largest absolute Gasteiger partial charge is 0.466 e. The molecule has 0 saturated carbocycles. The minimum absolute atomic E-state index is 0.000968. The summed E-state index contributed by atoms with van der Waals surface area (Å²) in [6.45, 7) is 3.11. The number of carbonyl (C=O) groups is 3. The van der Waals surface area contributed by atoms with E-state index in [0.29, 0.717) is 13.1 Å². The summed E-state index contributed by atoms with van der Waals surface area (Å²) in [5.74, 6) is 2.04. The lowest BCUT2D eigenvalue weighted by atomic mass is 10.2. The van der Waals surface area contributed by atoms with E-state index >= 15 is 0 Å². The molecular formula is C19H26N4O4. The zero-order chi connectivity index (χ0) is 19.9. The first kappa shape index (κ1) is 22.0. The third kappa shape index (κ3) is 10.5. The number of amides is 2. The number of terminal acetylenes is 1. The van der Waals surface area contributed by atoms with Gasteiger partial charge in [0.2, 0.25) is 11.8 Å². The Morgan fingerprint density at radius 3 is 2.67 bits per heavy atom. The van der Waals surface area contributed by atoms with Crippen LogP contribution in [0.2, 0.25) is 0 Å². The summed E-state index contributed by atoms with van der Waals surface area (Å²) < 4.78 is 4.79. The number of ether oxygens (including phenoxy) is 1. The molecule has 0 saturated heterocycles. The second-order valence-electron chi connectivity index (χ2n) is 5.64.